The summed E-state index contributed by atoms with van der Waals surface area (Å²) in [5, 5.41) is 3.03. The van der Waals surface area contributed by atoms with Crippen molar-refractivity contribution >= 4 is 11.8 Å². The molecule has 1 aliphatic carbocycles. The number of benzene rings is 1. The molecule has 1 aromatic heterocycles. The number of aryl methyl sites for hydroxylation is 1. The van der Waals surface area contributed by atoms with Crippen molar-refractivity contribution < 1.29 is 9.59 Å². The predicted molar refractivity (Wildman–Crippen MR) is 98.3 cm³/mol. The number of likely N-dealkylation sites (tertiary alicyclic amines) is 1. The summed E-state index contributed by atoms with van der Waals surface area (Å²) in [7, 11) is 0. The standard InChI is InChI=1S/C21H23N3O2/c1-15-4-2-3-5-17(15)20(26)24-11-8-21(14-24)12-18(21)19(25)23-13-16-6-9-22-10-7-16/h2-7,9-10,18H,8,11-14H2,1H3,(H,23,25)/t18-,21-/m0/s1. The molecule has 1 saturated carbocycles. The zero-order chi connectivity index (χ0) is 18.1. The Labute approximate surface area is 153 Å². The summed E-state index contributed by atoms with van der Waals surface area (Å²) in [5.74, 6) is 0.217. The van der Waals surface area contributed by atoms with E-state index in [9.17, 15) is 9.59 Å². The van der Waals surface area contributed by atoms with Crippen molar-refractivity contribution in [1.29, 1.82) is 0 Å². The average molecular weight is 349 g/mol. The molecule has 5 nitrogen and oxygen atoms in total. The lowest BCUT2D eigenvalue weighted by Crippen LogP contribution is -2.31. The molecule has 4 rings (SSSR count). The highest BCUT2D eigenvalue weighted by Crippen LogP contribution is 2.58. The number of rotatable bonds is 4. The van der Waals surface area contributed by atoms with Gasteiger partial charge in [-0.1, -0.05) is 18.2 Å². The van der Waals surface area contributed by atoms with E-state index in [1.807, 2.05) is 48.2 Å². The maximum Gasteiger partial charge on any atom is 0.254 e. The Kier molecular flexibility index (Phi) is 4.23. The molecule has 0 unspecified atom stereocenters. The summed E-state index contributed by atoms with van der Waals surface area (Å²) in [6, 6.07) is 11.5. The van der Waals surface area contributed by atoms with Gasteiger partial charge in [0, 0.05) is 48.9 Å². The first-order chi connectivity index (χ1) is 12.6. The number of pyridine rings is 1. The van der Waals surface area contributed by atoms with Crippen LogP contribution in [0.3, 0.4) is 0 Å². The highest BCUT2D eigenvalue weighted by atomic mass is 16.2. The number of nitrogens with one attached hydrogen (secondary N) is 1. The van der Waals surface area contributed by atoms with Crippen molar-refractivity contribution in [3.05, 3.63) is 65.5 Å². The van der Waals surface area contributed by atoms with Crippen molar-refractivity contribution in [2.75, 3.05) is 13.1 Å². The van der Waals surface area contributed by atoms with E-state index in [2.05, 4.69) is 10.3 Å². The number of amides is 2. The fourth-order valence-corrected chi connectivity index (χ4v) is 4.03. The molecule has 1 N–H and O–H groups in total. The van der Waals surface area contributed by atoms with Crippen molar-refractivity contribution in [3.63, 3.8) is 0 Å². The molecule has 5 heteroatoms. The van der Waals surface area contributed by atoms with E-state index in [0.29, 0.717) is 13.1 Å². The summed E-state index contributed by atoms with van der Waals surface area (Å²) >= 11 is 0. The smallest absolute Gasteiger partial charge is 0.254 e. The fourth-order valence-electron chi connectivity index (χ4n) is 4.03. The third-order valence-corrected chi connectivity index (χ3v) is 5.77. The minimum atomic E-state index is -0.0132. The average Bonchev–Trinajstić information content (AvgIpc) is 3.20. The molecule has 1 aliphatic heterocycles. The molecule has 2 fully saturated rings. The molecular formula is C21H23N3O2. The molecule has 2 heterocycles. The quantitative estimate of drug-likeness (QED) is 0.923. The minimum Gasteiger partial charge on any atom is -0.352 e. The van der Waals surface area contributed by atoms with Gasteiger partial charge in [-0.25, -0.2) is 0 Å². The Morgan fingerprint density at radius 1 is 1.23 bits per heavy atom. The summed E-state index contributed by atoms with van der Waals surface area (Å²) in [4.78, 5) is 31.2. The number of hydrogen-bond donors (Lipinski definition) is 1. The van der Waals surface area contributed by atoms with Gasteiger partial charge in [-0.3, -0.25) is 14.6 Å². The van der Waals surface area contributed by atoms with Gasteiger partial charge >= 0.3 is 0 Å². The van der Waals surface area contributed by atoms with E-state index in [0.717, 1.165) is 36.1 Å². The van der Waals surface area contributed by atoms with Crippen molar-refractivity contribution in [2.24, 2.45) is 11.3 Å². The van der Waals surface area contributed by atoms with Gasteiger partial charge in [-0.2, -0.15) is 0 Å². The fraction of sp³-hybridized carbons (Fsp3) is 0.381. The van der Waals surface area contributed by atoms with E-state index in [1.54, 1.807) is 12.4 Å². The second kappa shape index (κ2) is 6.56. The topological polar surface area (TPSA) is 62.3 Å². The lowest BCUT2D eigenvalue weighted by atomic mass is 10.0. The highest BCUT2D eigenvalue weighted by molar-refractivity contribution is 5.96. The zero-order valence-electron chi connectivity index (χ0n) is 14.9. The third-order valence-electron chi connectivity index (χ3n) is 5.77. The van der Waals surface area contributed by atoms with Crippen LogP contribution in [0.4, 0.5) is 0 Å². The Balaban J connectivity index is 1.35. The summed E-state index contributed by atoms with van der Waals surface area (Å²) < 4.78 is 0. The Hall–Kier alpha value is -2.69. The molecule has 1 aromatic carbocycles. The van der Waals surface area contributed by atoms with Gasteiger partial charge in [0.05, 0.1) is 0 Å². The van der Waals surface area contributed by atoms with Gasteiger partial charge in [0.15, 0.2) is 0 Å². The maximum absolute atomic E-state index is 12.8. The first-order valence-electron chi connectivity index (χ1n) is 9.11. The van der Waals surface area contributed by atoms with Gasteiger partial charge in [0.25, 0.3) is 5.91 Å². The normalized spacial score (nSPS) is 23.9. The molecule has 26 heavy (non-hydrogen) atoms. The molecule has 2 atom stereocenters. The maximum atomic E-state index is 12.8. The molecule has 134 valence electrons. The van der Waals surface area contributed by atoms with Gasteiger partial charge in [-0.05, 0) is 49.1 Å². The Morgan fingerprint density at radius 2 is 2.00 bits per heavy atom. The van der Waals surface area contributed by atoms with E-state index in [-0.39, 0.29) is 23.1 Å². The van der Waals surface area contributed by atoms with Crippen LogP contribution in [-0.4, -0.2) is 34.8 Å². The van der Waals surface area contributed by atoms with Gasteiger partial charge in [0.2, 0.25) is 5.91 Å². The molecule has 2 aromatic rings. The van der Waals surface area contributed by atoms with E-state index in [4.69, 9.17) is 0 Å². The second-order valence-corrected chi connectivity index (χ2v) is 7.48. The number of nitrogens with zero attached hydrogens (tertiary/aromatic N) is 2. The van der Waals surface area contributed by atoms with Gasteiger partial charge < -0.3 is 10.2 Å². The van der Waals surface area contributed by atoms with E-state index >= 15 is 0 Å². The SMILES string of the molecule is Cc1ccccc1C(=O)N1CC[C@]2(C[C@H]2C(=O)NCc2ccncc2)C1. The van der Waals surface area contributed by atoms with E-state index < -0.39 is 0 Å². The minimum absolute atomic E-state index is 0.0132. The Bertz CT molecular complexity index is 836. The molecule has 2 amide bonds. The van der Waals surface area contributed by atoms with Crippen LogP contribution >= 0.6 is 0 Å². The summed E-state index contributed by atoms with van der Waals surface area (Å²) in [6.45, 7) is 3.92. The number of carbonyl (C=O) groups excluding carboxylic acids is 2. The van der Waals surface area contributed by atoms with Crippen LogP contribution in [0, 0.1) is 18.3 Å². The van der Waals surface area contributed by atoms with Crippen LogP contribution in [0.25, 0.3) is 0 Å². The Morgan fingerprint density at radius 3 is 2.77 bits per heavy atom. The van der Waals surface area contributed by atoms with Crippen LogP contribution in [0.5, 0.6) is 0 Å². The lowest BCUT2D eigenvalue weighted by Gasteiger charge is -2.18. The zero-order valence-corrected chi connectivity index (χ0v) is 14.9. The molecular weight excluding hydrogens is 326 g/mol. The van der Waals surface area contributed by atoms with Crippen molar-refractivity contribution in [2.45, 2.75) is 26.3 Å². The van der Waals surface area contributed by atoms with Crippen LogP contribution < -0.4 is 5.32 Å². The van der Waals surface area contributed by atoms with Crippen LogP contribution in [0.1, 0.15) is 34.3 Å². The van der Waals surface area contributed by atoms with Gasteiger partial charge in [-0.15, -0.1) is 0 Å². The number of aromatic nitrogens is 1. The molecule has 1 saturated heterocycles. The molecule has 2 aliphatic rings. The first kappa shape index (κ1) is 16.8. The molecule has 0 radical (unpaired) electrons. The largest absolute Gasteiger partial charge is 0.352 e. The monoisotopic (exact) mass is 349 g/mol. The second-order valence-electron chi connectivity index (χ2n) is 7.48. The van der Waals surface area contributed by atoms with Crippen molar-refractivity contribution in [1.82, 2.24) is 15.2 Å². The number of hydrogen-bond acceptors (Lipinski definition) is 3. The van der Waals surface area contributed by atoms with E-state index in [1.165, 1.54) is 0 Å². The summed E-state index contributed by atoms with van der Waals surface area (Å²) in [6.07, 6.45) is 5.25. The molecule has 1 spiro atoms. The summed E-state index contributed by atoms with van der Waals surface area (Å²) in [5.41, 5.74) is 2.80. The van der Waals surface area contributed by atoms with Gasteiger partial charge in [0.1, 0.15) is 0 Å². The van der Waals surface area contributed by atoms with Crippen LogP contribution in [-0.2, 0) is 11.3 Å². The first-order valence-corrected chi connectivity index (χ1v) is 9.11. The highest BCUT2D eigenvalue weighted by Gasteiger charge is 2.61. The van der Waals surface area contributed by atoms with Crippen molar-refractivity contribution in [3.8, 4) is 0 Å². The third kappa shape index (κ3) is 3.09. The van der Waals surface area contributed by atoms with Crippen LogP contribution in [0.15, 0.2) is 48.8 Å². The lowest BCUT2D eigenvalue weighted by molar-refractivity contribution is -0.123. The van der Waals surface area contributed by atoms with Crippen LogP contribution in [0.2, 0.25) is 0 Å². The predicted octanol–water partition coefficient (Wildman–Crippen LogP) is 2.56. The molecule has 0 bridgehead atoms. The number of carbonyl (C=O) groups is 2.